The van der Waals surface area contributed by atoms with Gasteiger partial charge in [0.1, 0.15) is 0 Å². The Kier molecular flexibility index (Phi) is 0.565. The first kappa shape index (κ1) is 2.49. The Hall–Kier alpha value is -1.05. The summed E-state index contributed by atoms with van der Waals surface area (Å²) in [4.78, 5) is 10.9. The zero-order chi connectivity index (χ0) is 8.48. The number of hydrogen-bond acceptors (Lipinski definition) is 1. The van der Waals surface area contributed by atoms with E-state index < -0.39 is 12.5 Å². The molecule has 0 saturated carbocycles. The SMILES string of the molecule is [2H]C([2H])([2H])n1ccccc1=O. The average molecular weight is 112 g/mol. The van der Waals surface area contributed by atoms with E-state index in [4.69, 9.17) is 4.11 Å². The van der Waals surface area contributed by atoms with Crippen LogP contribution in [0.4, 0.5) is 0 Å². The van der Waals surface area contributed by atoms with E-state index in [1.807, 2.05) is 0 Å². The van der Waals surface area contributed by atoms with Gasteiger partial charge >= 0.3 is 0 Å². The van der Waals surface area contributed by atoms with E-state index in [-0.39, 0.29) is 0 Å². The van der Waals surface area contributed by atoms with E-state index in [0.717, 1.165) is 0 Å². The molecule has 0 atom stereocenters. The first-order valence-electron chi connectivity index (χ1n) is 3.70. The molecule has 42 valence electrons. The summed E-state index contributed by atoms with van der Waals surface area (Å²) < 4.78 is 21.4. The zero-order valence-corrected chi connectivity index (χ0v) is 4.16. The van der Waals surface area contributed by atoms with Gasteiger partial charge in [-0.3, -0.25) is 4.79 Å². The van der Waals surface area contributed by atoms with Gasteiger partial charge in [-0.15, -0.1) is 0 Å². The second kappa shape index (κ2) is 1.82. The third-order valence-electron chi connectivity index (χ3n) is 0.822. The van der Waals surface area contributed by atoms with Crippen LogP contribution in [0, 0.1) is 0 Å². The number of rotatable bonds is 0. The summed E-state index contributed by atoms with van der Waals surface area (Å²) in [5, 5.41) is 0. The van der Waals surface area contributed by atoms with Crippen molar-refractivity contribution in [2.75, 3.05) is 0 Å². The van der Waals surface area contributed by atoms with Gasteiger partial charge in [-0.05, 0) is 6.07 Å². The van der Waals surface area contributed by atoms with Crippen LogP contribution in [0.25, 0.3) is 0 Å². The highest BCUT2D eigenvalue weighted by Crippen LogP contribution is 1.73. The lowest BCUT2D eigenvalue weighted by Crippen LogP contribution is -2.12. The van der Waals surface area contributed by atoms with Crippen LogP contribution in [0.15, 0.2) is 29.2 Å². The van der Waals surface area contributed by atoms with Gasteiger partial charge < -0.3 is 4.57 Å². The van der Waals surface area contributed by atoms with Gasteiger partial charge in [0, 0.05) is 23.4 Å². The molecule has 0 aliphatic carbocycles. The molecular formula is C6H7NO. The number of aryl methyl sites for hydroxylation is 1. The Morgan fingerprint density at radius 2 is 2.62 bits per heavy atom. The zero-order valence-electron chi connectivity index (χ0n) is 7.16. The first-order valence-corrected chi connectivity index (χ1v) is 2.20. The molecule has 0 unspecified atom stereocenters. The monoisotopic (exact) mass is 112 g/mol. The van der Waals surface area contributed by atoms with Gasteiger partial charge in [-0.2, -0.15) is 0 Å². The molecule has 0 aliphatic heterocycles. The molecule has 0 aliphatic rings. The van der Waals surface area contributed by atoms with Gasteiger partial charge in [0.15, 0.2) is 0 Å². The Labute approximate surface area is 51.6 Å². The van der Waals surface area contributed by atoms with Crippen LogP contribution >= 0.6 is 0 Å². The van der Waals surface area contributed by atoms with E-state index in [1.54, 1.807) is 0 Å². The molecule has 2 nitrogen and oxygen atoms in total. The van der Waals surface area contributed by atoms with Crippen molar-refractivity contribution in [1.29, 1.82) is 0 Å². The van der Waals surface area contributed by atoms with Crippen LogP contribution in [0.2, 0.25) is 0 Å². The number of nitrogens with zero attached hydrogens (tertiary/aromatic N) is 1. The maximum atomic E-state index is 10.9. The van der Waals surface area contributed by atoms with Crippen LogP contribution < -0.4 is 5.56 Å². The third kappa shape index (κ3) is 0.780. The Bertz CT molecular complexity index is 301. The minimum Gasteiger partial charge on any atom is -0.319 e. The summed E-state index contributed by atoms with van der Waals surface area (Å²) in [7, 11) is 0. The summed E-state index contributed by atoms with van der Waals surface area (Å²) in [6.07, 6.45) is 1.25. The van der Waals surface area contributed by atoms with Crippen molar-refractivity contribution in [3.05, 3.63) is 34.7 Å². The first-order chi connectivity index (χ1) is 5.02. The number of hydrogen-bond donors (Lipinski definition) is 0. The molecule has 0 amide bonds. The van der Waals surface area contributed by atoms with Crippen molar-refractivity contribution in [1.82, 2.24) is 4.57 Å². The predicted molar refractivity (Wildman–Crippen MR) is 31.7 cm³/mol. The lowest BCUT2D eigenvalue weighted by molar-refractivity contribution is 0.860. The summed E-state index contributed by atoms with van der Waals surface area (Å²) in [5.74, 6) is 0. The highest BCUT2D eigenvalue weighted by atomic mass is 16.1. The molecular weight excluding hydrogens is 102 g/mol. The van der Waals surface area contributed by atoms with E-state index in [9.17, 15) is 4.79 Å². The molecule has 1 rings (SSSR count). The van der Waals surface area contributed by atoms with Crippen molar-refractivity contribution < 1.29 is 4.11 Å². The fraction of sp³-hybridized carbons (Fsp3) is 0.167. The van der Waals surface area contributed by atoms with Crippen molar-refractivity contribution in [3.8, 4) is 0 Å². The molecule has 0 N–H and O–H groups in total. The number of aromatic nitrogens is 1. The maximum absolute atomic E-state index is 10.9. The summed E-state index contributed by atoms with van der Waals surface area (Å²) >= 11 is 0. The minimum absolute atomic E-state index is 0.507. The standard InChI is InChI=1S/C6H7NO/c1-7-5-3-2-4-6(7)8/h2-5H,1H3/i1D3. The lowest BCUT2D eigenvalue weighted by Gasteiger charge is -1.89. The van der Waals surface area contributed by atoms with Gasteiger partial charge in [0.05, 0.1) is 0 Å². The van der Waals surface area contributed by atoms with Crippen molar-refractivity contribution in [2.24, 2.45) is 6.98 Å². The molecule has 0 bridgehead atoms. The van der Waals surface area contributed by atoms with Gasteiger partial charge in [0.25, 0.3) is 0 Å². The summed E-state index contributed by atoms with van der Waals surface area (Å²) in [6, 6.07) is 4.23. The van der Waals surface area contributed by atoms with E-state index in [0.29, 0.717) is 4.57 Å². The molecule has 0 saturated heterocycles. The van der Waals surface area contributed by atoms with Crippen molar-refractivity contribution >= 4 is 0 Å². The Morgan fingerprint density at radius 3 is 3.12 bits per heavy atom. The fourth-order valence-corrected chi connectivity index (χ4v) is 0.427. The van der Waals surface area contributed by atoms with Crippen LogP contribution in [-0.4, -0.2) is 4.57 Å². The van der Waals surface area contributed by atoms with E-state index >= 15 is 0 Å². The van der Waals surface area contributed by atoms with Crippen LogP contribution in [0.1, 0.15) is 4.11 Å². The number of pyridine rings is 1. The molecule has 2 heteroatoms. The molecule has 0 spiro atoms. The second-order valence-electron chi connectivity index (χ2n) is 1.41. The molecule has 1 aromatic heterocycles. The Balaban J connectivity index is 3.26. The van der Waals surface area contributed by atoms with Crippen LogP contribution in [0.5, 0.6) is 0 Å². The highest BCUT2D eigenvalue weighted by Gasteiger charge is 1.79. The molecule has 0 aromatic carbocycles. The summed E-state index contributed by atoms with van der Waals surface area (Å²) in [6.45, 7) is -2.36. The van der Waals surface area contributed by atoms with Crippen molar-refractivity contribution in [3.63, 3.8) is 0 Å². The lowest BCUT2D eigenvalue weighted by atomic mass is 10.5. The fourth-order valence-electron chi connectivity index (χ4n) is 0.427. The van der Waals surface area contributed by atoms with Gasteiger partial charge in [-0.25, -0.2) is 0 Å². The van der Waals surface area contributed by atoms with Gasteiger partial charge in [0.2, 0.25) is 5.56 Å². The largest absolute Gasteiger partial charge is 0.319 e. The minimum atomic E-state index is -2.36. The molecule has 0 fully saturated rings. The smallest absolute Gasteiger partial charge is 0.250 e. The Morgan fingerprint density at radius 1 is 1.75 bits per heavy atom. The highest BCUT2D eigenvalue weighted by molar-refractivity contribution is 4.91. The maximum Gasteiger partial charge on any atom is 0.250 e. The average Bonchev–Trinajstić information content (AvgIpc) is 1.86. The van der Waals surface area contributed by atoms with Crippen molar-refractivity contribution in [2.45, 2.75) is 0 Å². The molecule has 1 heterocycles. The molecule has 0 radical (unpaired) electrons. The quantitative estimate of drug-likeness (QED) is 0.475. The van der Waals surface area contributed by atoms with Crippen LogP contribution in [-0.2, 0) is 6.98 Å². The second-order valence-corrected chi connectivity index (χ2v) is 1.41. The van der Waals surface area contributed by atoms with Gasteiger partial charge in [-0.1, -0.05) is 6.07 Å². The predicted octanol–water partition coefficient (Wildman–Crippen LogP) is 0.385. The summed E-state index contributed by atoms with van der Waals surface area (Å²) in [5.41, 5.74) is -0.507. The molecule has 8 heavy (non-hydrogen) atoms. The van der Waals surface area contributed by atoms with Crippen LogP contribution in [0.3, 0.4) is 0 Å². The topological polar surface area (TPSA) is 22.0 Å². The van der Waals surface area contributed by atoms with E-state index in [2.05, 4.69) is 0 Å². The third-order valence-corrected chi connectivity index (χ3v) is 0.822. The normalized spacial score (nSPS) is 16.2. The van der Waals surface area contributed by atoms with E-state index in [1.165, 1.54) is 24.4 Å². The molecule has 1 aromatic rings.